The number of aromatic nitrogens is 1. The van der Waals surface area contributed by atoms with Crippen molar-refractivity contribution < 1.29 is 22.5 Å². The number of hydrogen-bond donors (Lipinski definition) is 2. The van der Waals surface area contributed by atoms with Gasteiger partial charge in [0.2, 0.25) is 15.9 Å². The number of guanidine groups is 1. The first kappa shape index (κ1) is 24.3. The predicted molar refractivity (Wildman–Crippen MR) is 119 cm³/mol. The average molecular weight is 555 g/mol. The third-order valence-electron chi connectivity index (χ3n) is 4.61. The monoisotopic (exact) mass is 555 g/mol. The van der Waals surface area contributed by atoms with Crippen LogP contribution in [0.15, 0.2) is 21.8 Å². The second-order valence-corrected chi connectivity index (χ2v) is 8.54. The number of imide groups is 1. The third-order valence-corrected chi connectivity index (χ3v) is 6.42. The van der Waals surface area contributed by atoms with E-state index in [-0.39, 0.29) is 55.3 Å². The van der Waals surface area contributed by atoms with Gasteiger partial charge in [0.25, 0.3) is 0 Å². The van der Waals surface area contributed by atoms with Gasteiger partial charge >= 0.3 is 6.03 Å². The fraction of sp³-hybridized carbons (Fsp3) is 0.625. The molecule has 3 amide bonds. The number of aliphatic imine (C=N–C) groups is 1. The highest BCUT2D eigenvalue weighted by Gasteiger charge is 2.30. The van der Waals surface area contributed by atoms with Crippen LogP contribution in [0.25, 0.3) is 0 Å². The Morgan fingerprint density at radius 2 is 2.03 bits per heavy atom. The van der Waals surface area contributed by atoms with Gasteiger partial charge in [0.1, 0.15) is 12.0 Å². The molecule has 0 spiro atoms. The quantitative estimate of drug-likeness (QED) is 0.194. The Bertz CT molecular complexity index is 837. The van der Waals surface area contributed by atoms with Gasteiger partial charge in [0.05, 0.1) is 25.3 Å². The van der Waals surface area contributed by atoms with E-state index in [1.165, 1.54) is 16.6 Å². The van der Waals surface area contributed by atoms with Crippen molar-refractivity contribution in [1.29, 1.82) is 0 Å². The van der Waals surface area contributed by atoms with Gasteiger partial charge in [-0.05, 0) is 6.92 Å². The largest absolute Gasteiger partial charge is 0.364 e. The number of amides is 3. The number of urea groups is 1. The van der Waals surface area contributed by atoms with Crippen molar-refractivity contribution >= 4 is 51.9 Å². The molecule has 3 rings (SSSR count). The first-order valence-corrected chi connectivity index (χ1v) is 11.0. The third kappa shape index (κ3) is 6.04. The molecule has 1 aromatic heterocycles. The van der Waals surface area contributed by atoms with E-state index in [1.807, 2.05) is 11.8 Å². The van der Waals surface area contributed by atoms with E-state index < -0.39 is 16.1 Å². The predicted octanol–water partition coefficient (Wildman–Crippen LogP) is -0.743. The first-order valence-electron chi connectivity index (χ1n) is 9.39. The summed E-state index contributed by atoms with van der Waals surface area (Å²) < 4.78 is 31.2. The lowest BCUT2D eigenvalue weighted by Crippen LogP contribution is -2.54. The van der Waals surface area contributed by atoms with Crippen LogP contribution < -0.4 is 10.6 Å². The molecule has 30 heavy (non-hydrogen) atoms. The Morgan fingerprint density at radius 1 is 1.30 bits per heavy atom. The zero-order valence-electron chi connectivity index (χ0n) is 16.6. The number of nitrogens with one attached hydrogen (secondary N) is 2. The highest BCUT2D eigenvalue weighted by molar-refractivity contribution is 14.0. The van der Waals surface area contributed by atoms with Gasteiger partial charge in [-0.3, -0.25) is 14.7 Å². The van der Waals surface area contributed by atoms with Crippen molar-refractivity contribution in [3.8, 4) is 0 Å². The molecule has 0 saturated carbocycles. The Hall–Kier alpha value is -1.94. The van der Waals surface area contributed by atoms with Gasteiger partial charge in [0.15, 0.2) is 5.96 Å². The van der Waals surface area contributed by atoms with Crippen molar-refractivity contribution in [2.24, 2.45) is 4.99 Å². The lowest BCUT2D eigenvalue weighted by Gasteiger charge is -2.35. The SMILES string of the molecule is CCNC(=NCCN1C(=O)CNC1=O)N1CCN(S(=O)(=O)Cc2ccon2)CC1.I. The summed E-state index contributed by atoms with van der Waals surface area (Å²) in [6, 6.07) is 1.14. The Labute approximate surface area is 192 Å². The molecule has 2 saturated heterocycles. The van der Waals surface area contributed by atoms with Crippen LogP contribution in [0.2, 0.25) is 0 Å². The number of halogens is 1. The maximum atomic E-state index is 12.5. The van der Waals surface area contributed by atoms with Crippen molar-refractivity contribution in [3.63, 3.8) is 0 Å². The number of piperazine rings is 1. The highest BCUT2D eigenvalue weighted by Crippen LogP contribution is 2.13. The van der Waals surface area contributed by atoms with Crippen LogP contribution in [-0.4, -0.2) is 97.9 Å². The van der Waals surface area contributed by atoms with Crippen molar-refractivity contribution in [1.82, 2.24) is 29.9 Å². The van der Waals surface area contributed by atoms with E-state index in [4.69, 9.17) is 4.52 Å². The summed E-state index contributed by atoms with van der Waals surface area (Å²) in [5.74, 6) is 0.179. The number of hydrogen-bond acceptors (Lipinski definition) is 7. The van der Waals surface area contributed by atoms with Gasteiger partial charge in [-0.25, -0.2) is 13.2 Å². The maximum absolute atomic E-state index is 12.5. The van der Waals surface area contributed by atoms with Crippen molar-refractivity contribution in [2.45, 2.75) is 12.7 Å². The average Bonchev–Trinajstić information content (AvgIpc) is 3.31. The molecule has 2 aliphatic heterocycles. The fourth-order valence-electron chi connectivity index (χ4n) is 3.13. The van der Waals surface area contributed by atoms with Crippen LogP contribution in [0.1, 0.15) is 12.6 Å². The van der Waals surface area contributed by atoms with Gasteiger partial charge in [-0.2, -0.15) is 4.31 Å². The molecular weight excluding hydrogens is 529 g/mol. The van der Waals surface area contributed by atoms with E-state index >= 15 is 0 Å². The van der Waals surface area contributed by atoms with Gasteiger partial charge in [-0.1, -0.05) is 5.16 Å². The molecular formula is C16H26IN7O5S. The van der Waals surface area contributed by atoms with E-state index in [0.29, 0.717) is 44.4 Å². The van der Waals surface area contributed by atoms with E-state index in [0.717, 1.165) is 4.90 Å². The summed E-state index contributed by atoms with van der Waals surface area (Å²) in [5, 5.41) is 9.31. The van der Waals surface area contributed by atoms with Crippen LogP contribution in [0.3, 0.4) is 0 Å². The zero-order chi connectivity index (χ0) is 20.9. The lowest BCUT2D eigenvalue weighted by atomic mass is 10.4. The summed E-state index contributed by atoms with van der Waals surface area (Å²) in [6.07, 6.45) is 1.35. The van der Waals surface area contributed by atoms with E-state index in [9.17, 15) is 18.0 Å². The van der Waals surface area contributed by atoms with Gasteiger partial charge in [-0.15, -0.1) is 24.0 Å². The number of sulfonamides is 1. The Balaban J connectivity index is 0.00000320. The second-order valence-electron chi connectivity index (χ2n) is 6.57. The van der Waals surface area contributed by atoms with Crippen LogP contribution in [0.5, 0.6) is 0 Å². The standard InChI is InChI=1S/C16H25N7O5S.HI/c1-2-17-15(18-4-5-23-14(24)11-19-16(23)25)21-6-8-22(9-7-21)29(26,27)12-13-3-10-28-20-13;/h3,10H,2,4-9,11-12H2,1H3,(H,17,18)(H,19,25);1H. The number of rotatable bonds is 7. The molecule has 12 nitrogen and oxygen atoms in total. The van der Waals surface area contributed by atoms with Crippen molar-refractivity contribution in [2.75, 3.05) is 52.4 Å². The molecule has 0 bridgehead atoms. The van der Waals surface area contributed by atoms with Crippen molar-refractivity contribution in [3.05, 3.63) is 18.0 Å². The van der Waals surface area contributed by atoms with Crippen LogP contribution in [0, 0.1) is 0 Å². The van der Waals surface area contributed by atoms with Gasteiger partial charge in [0, 0.05) is 38.8 Å². The normalized spacial score (nSPS) is 18.4. The molecule has 2 aliphatic rings. The van der Waals surface area contributed by atoms with Crippen LogP contribution in [-0.2, 0) is 20.6 Å². The maximum Gasteiger partial charge on any atom is 0.324 e. The Morgan fingerprint density at radius 3 is 2.60 bits per heavy atom. The first-order chi connectivity index (χ1) is 13.9. The molecule has 14 heteroatoms. The molecule has 2 fully saturated rings. The smallest absolute Gasteiger partial charge is 0.324 e. The molecule has 2 N–H and O–H groups in total. The summed E-state index contributed by atoms with van der Waals surface area (Å²) in [4.78, 5) is 30.8. The number of nitrogens with zero attached hydrogens (tertiary/aromatic N) is 5. The molecule has 0 atom stereocenters. The molecule has 3 heterocycles. The molecule has 0 aromatic carbocycles. The Kier molecular flexibility index (Phi) is 8.84. The fourth-order valence-corrected chi connectivity index (χ4v) is 4.56. The molecule has 168 valence electrons. The molecule has 0 aliphatic carbocycles. The van der Waals surface area contributed by atoms with Crippen LogP contribution >= 0.6 is 24.0 Å². The molecule has 0 radical (unpaired) electrons. The van der Waals surface area contributed by atoms with Crippen LogP contribution in [0.4, 0.5) is 4.79 Å². The topological polar surface area (TPSA) is 140 Å². The van der Waals surface area contributed by atoms with E-state index in [2.05, 4.69) is 20.8 Å². The second kappa shape index (κ2) is 10.9. The number of carbonyl (C=O) groups is 2. The minimum absolute atomic E-state index is 0. The lowest BCUT2D eigenvalue weighted by molar-refractivity contribution is -0.124. The zero-order valence-corrected chi connectivity index (χ0v) is 19.8. The summed E-state index contributed by atoms with van der Waals surface area (Å²) in [6.45, 7) is 4.69. The molecule has 0 unspecified atom stereocenters. The van der Waals surface area contributed by atoms with E-state index in [1.54, 1.807) is 0 Å². The highest BCUT2D eigenvalue weighted by atomic mass is 127. The minimum atomic E-state index is -3.47. The minimum Gasteiger partial charge on any atom is -0.364 e. The summed E-state index contributed by atoms with van der Waals surface area (Å²) in [5.41, 5.74) is 0.378. The van der Waals surface area contributed by atoms with Gasteiger partial charge < -0.3 is 20.1 Å². The summed E-state index contributed by atoms with van der Waals surface area (Å²) in [7, 11) is -3.47. The molecule has 1 aromatic rings. The number of carbonyl (C=O) groups excluding carboxylic acids is 2. The summed E-state index contributed by atoms with van der Waals surface area (Å²) >= 11 is 0.